The lowest BCUT2D eigenvalue weighted by Gasteiger charge is -2.13. The first-order valence-electron chi connectivity index (χ1n) is 5.15. The van der Waals surface area contributed by atoms with E-state index < -0.39 is 17.8 Å². The fourth-order valence-corrected chi connectivity index (χ4v) is 1.77. The molecule has 6 heteroatoms. The molecule has 1 aliphatic heterocycles. The number of carboxylic acids is 1. The van der Waals surface area contributed by atoms with Gasteiger partial charge in [-0.1, -0.05) is 12.1 Å². The highest BCUT2D eigenvalue weighted by Crippen LogP contribution is 2.22. The average Bonchev–Trinajstić information content (AvgIpc) is 2.54. The SMILES string of the molecule is N/C(=C\C(=O)O)CN1C(=O)c2ccccc2C1=O. The first-order valence-corrected chi connectivity index (χ1v) is 5.15. The largest absolute Gasteiger partial charge is 0.478 e. The molecule has 2 rings (SSSR count). The third-order valence-electron chi connectivity index (χ3n) is 2.53. The Morgan fingerprint density at radius 2 is 1.72 bits per heavy atom. The predicted molar refractivity (Wildman–Crippen MR) is 61.7 cm³/mol. The van der Waals surface area contributed by atoms with Crippen LogP contribution in [-0.2, 0) is 4.79 Å². The maximum atomic E-state index is 11.9. The van der Waals surface area contributed by atoms with Crippen molar-refractivity contribution in [2.24, 2.45) is 5.73 Å². The van der Waals surface area contributed by atoms with Gasteiger partial charge in [-0.25, -0.2) is 4.79 Å². The molecule has 1 aliphatic rings. The van der Waals surface area contributed by atoms with Gasteiger partial charge < -0.3 is 10.8 Å². The number of nitrogens with two attached hydrogens (primary N) is 1. The molecule has 3 N–H and O–H groups in total. The van der Waals surface area contributed by atoms with Gasteiger partial charge >= 0.3 is 5.97 Å². The van der Waals surface area contributed by atoms with Crippen LogP contribution < -0.4 is 5.73 Å². The summed E-state index contributed by atoms with van der Waals surface area (Å²) in [6.07, 6.45) is 0.767. The van der Waals surface area contributed by atoms with Crippen LogP contribution in [0.1, 0.15) is 20.7 Å². The Labute approximate surface area is 102 Å². The van der Waals surface area contributed by atoms with Crippen molar-refractivity contribution >= 4 is 17.8 Å². The smallest absolute Gasteiger partial charge is 0.330 e. The summed E-state index contributed by atoms with van der Waals surface area (Å²) in [5, 5.41) is 8.52. The molecule has 0 radical (unpaired) electrons. The molecule has 0 unspecified atom stereocenters. The van der Waals surface area contributed by atoms with Gasteiger partial charge in [0.1, 0.15) is 0 Å². The van der Waals surface area contributed by atoms with E-state index in [-0.39, 0.29) is 12.2 Å². The molecule has 6 nitrogen and oxygen atoms in total. The van der Waals surface area contributed by atoms with Crippen LogP contribution in [0.25, 0.3) is 0 Å². The van der Waals surface area contributed by atoms with Crippen LogP contribution in [0, 0.1) is 0 Å². The van der Waals surface area contributed by atoms with Crippen LogP contribution in [-0.4, -0.2) is 34.3 Å². The first kappa shape index (κ1) is 11.8. The van der Waals surface area contributed by atoms with E-state index in [9.17, 15) is 14.4 Å². The maximum Gasteiger partial charge on any atom is 0.330 e. The Balaban J connectivity index is 2.27. The molecule has 92 valence electrons. The number of nitrogens with zero attached hydrogens (tertiary/aromatic N) is 1. The molecule has 0 aliphatic carbocycles. The lowest BCUT2D eigenvalue weighted by Crippen LogP contribution is -2.33. The number of benzene rings is 1. The second-order valence-electron chi connectivity index (χ2n) is 3.80. The van der Waals surface area contributed by atoms with E-state index in [1.54, 1.807) is 24.3 Å². The maximum absolute atomic E-state index is 11.9. The zero-order valence-corrected chi connectivity index (χ0v) is 9.29. The number of rotatable bonds is 3. The van der Waals surface area contributed by atoms with E-state index in [0.29, 0.717) is 11.1 Å². The van der Waals surface area contributed by atoms with E-state index in [0.717, 1.165) is 11.0 Å². The minimum absolute atomic E-state index is 0.0583. The number of hydrogen-bond acceptors (Lipinski definition) is 4. The predicted octanol–water partition coefficient (Wildman–Crippen LogP) is 0.210. The Morgan fingerprint density at radius 1 is 1.22 bits per heavy atom. The molecule has 0 bridgehead atoms. The van der Waals surface area contributed by atoms with Gasteiger partial charge in [-0.3, -0.25) is 14.5 Å². The van der Waals surface area contributed by atoms with Crippen molar-refractivity contribution in [1.29, 1.82) is 0 Å². The molecule has 0 saturated carbocycles. The van der Waals surface area contributed by atoms with Gasteiger partial charge in [0.05, 0.1) is 17.7 Å². The molecule has 1 aromatic carbocycles. The summed E-state index contributed by atoms with van der Waals surface area (Å²) < 4.78 is 0. The first-order chi connectivity index (χ1) is 8.50. The zero-order valence-electron chi connectivity index (χ0n) is 9.29. The number of aliphatic carboxylic acids is 1. The summed E-state index contributed by atoms with van der Waals surface area (Å²) in [5.41, 5.74) is 6.01. The average molecular weight is 246 g/mol. The quantitative estimate of drug-likeness (QED) is 0.586. The van der Waals surface area contributed by atoms with E-state index in [1.165, 1.54) is 0 Å². The van der Waals surface area contributed by atoms with E-state index in [4.69, 9.17) is 10.8 Å². The molecule has 0 aromatic heterocycles. The number of fused-ring (bicyclic) bond motifs is 1. The van der Waals surface area contributed by atoms with Crippen LogP contribution in [0.15, 0.2) is 36.0 Å². The Hall–Kier alpha value is -2.63. The van der Waals surface area contributed by atoms with Crippen LogP contribution in [0.2, 0.25) is 0 Å². The molecular weight excluding hydrogens is 236 g/mol. The molecule has 18 heavy (non-hydrogen) atoms. The number of carboxylic acid groups (broad SMARTS) is 1. The zero-order chi connectivity index (χ0) is 13.3. The van der Waals surface area contributed by atoms with E-state index in [2.05, 4.69) is 0 Å². The van der Waals surface area contributed by atoms with Gasteiger partial charge in [-0.2, -0.15) is 0 Å². The van der Waals surface area contributed by atoms with Crippen LogP contribution in [0.4, 0.5) is 0 Å². The van der Waals surface area contributed by atoms with E-state index >= 15 is 0 Å². The van der Waals surface area contributed by atoms with Gasteiger partial charge in [-0.15, -0.1) is 0 Å². The second-order valence-corrected chi connectivity index (χ2v) is 3.80. The molecule has 0 spiro atoms. The Morgan fingerprint density at radius 3 is 2.17 bits per heavy atom. The molecule has 2 amide bonds. The number of amides is 2. The lowest BCUT2D eigenvalue weighted by molar-refractivity contribution is -0.131. The van der Waals surface area contributed by atoms with E-state index in [1.807, 2.05) is 0 Å². The second kappa shape index (κ2) is 4.33. The monoisotopic (exact) mass is 246 g/mol. The van der Waals surface area contributed by atoms with Crippen molar-refractivity contribution in [2.45, 2.75) is 0 Å². The number of imide groups is 1. The number of carbonyl (C=O) groups is 3. The van der Waals surface area contributed by atoms with Crippen molar-refractivity contribution in [2.75, 3.05) is 6.54 Å². The van der Waals surface area contributed by atoms with Gasteiger partial charge in [0.2, 0.25) is 0 Å². The Kier molecular flexibility index (Phi) is 2.85. The van der Waals surface area contributed by atoms with Crippen LogP contribution in [0.5, 0.6) is 0 Å². The summed E-state index contributed by atoms with van der Waals surface area (Å²) in [4.78, 5) is 35.2. The third-order valence-corrected chi connectivity index (χ3v) is 2.53. The number of hydrogen-bond donors (Lipinski definition) is 2. The minimum Gasteiger partial charge on any atom is -0.478 e. The summed E-state index contributed by atoms with van der Waals surface area (Å²) in [6, 6.07) is 6.41. The topological polar surface area (TPSA) is 101 Å². The molecule has 0 fully saturated rings. The summed E-state index contributed by atoms with van der Waals surface area (Å²) in [6.45, 7) is -0.224. The molecular formula is C12H10N2O4. The van der Waals surface area contributed by atoms with Crippen molar-refractivity contribution in [3.63, 3.8) is 0 Å². The number of carbonyl (C=O) groups excluding carboxylic acids is 2. The van der Waals surface area contributed by atoms with Crippen molar-refractivity contribution in [3.8, 4) is 0 Å². The summed E-state index contributed by atoms with van der Waals surface area (Å²) >= 11 is 0. The highest BCUT2D eigenvalue weighted by molar-refractivity contribution is 6.21. The molecule has 0 atom stereocenters. The summed E-state index contributed by atoms with van der Waals surface area (Å²) in [7, 11) is 0. The minimum atomic E-state index is -1.22. The van der Waals surface area contributed by atoms with Crippen LogP contribution >= 0.6 is 0 Å². The Bertz CT molecular complexity index is 542. The standard InChI is InChI=1S/C12H10N2O4/c13-7(5-10(15)16)6-14-11(17)8-3-1-2-4-9(8)12(14)18/h1-5H,6,13H2,(H,15,16)/b7-5-. The summed E-state index contributed by atoms with van der Waals surface area (Å²) in [5.74, 6) is -2.14. The van der Waals surface area contributed by atoms with Gasteiger partial charge in [-0.05, 0) is 12.1 Å². The highest BCUT2D eigenvalue weighted by Gasteiger charge is 2.35. The van der Waals surface area contributed by atoms with Gasteiger partial charge in [0.15, 0.2) is 0 Å². The lowest BCUT2D eigenvalue weighted by atomic mass is 10.1. The molecule has 1 aromatic rings. The molecule has 1 heterocycles. The van der Waals surface area contributed by atoms with Crippen LogP contribution in [0.3, 0.4) is 0 Å². The normalized spacial score (nSPS) is 14.9. The van der Waals surface area contributed by atoms with Crippen molar-refractivity contribution in [3.05, 3.63) is 47.2 Å². The fraction of sp³-hybridized carbons (Fsp3) is 0.0833. The van der Waals surface area contributed by atoms with Gasteiger partial charge in [0.25, 0.3) is 11.8 Å². The van der Waals surface area contributed by atoms with Crippen molar-refractivity contribution < 1.29 is 19.5 Å². The third kappa shape index (κ3) is 1.95. The fourth-order valence-electron chi connectivity index (χ4n) is 1.77. The highest BCUT2D eigenvalue weighted by atomic mass is 16.4. The van der Waals surface area contributed by atoms with Crippen molar-refractivity contribution in [1.82, 2.24) is 4.90 Å². The molecule has 0 saturated heterocycles. The van der Waals surface area contributed by atoms with Gasteiger partial charge in [0, 0.05) is 11.8 Å².